The number of hydrogen-bond donors (Lipinski definition) is 0. The first-order valence-corrected chi connectivity index (χ1v) is 1.96. The van der Waals surface area contributed by atoms with Crippen molar-refractivity contribution in [1.82, 2.24) is 0 Å². The van der Waals surface area contributed by atoms with Gasteiger partial charge in [-0.25, -0.2) is 8.42 Å². The largest absolute Gasteiger partial charge is 0.722 e. The Kier molecular flexibility index (Phi) is 3.76. The summed E-state index contributed by atoms with van der Waals surface area (Å²) in [4.78, 5) is 0. The highest BCUT2D eigenvalue weighted by molar-refractivity contribution is 7.80. The van der Waals surface area contributed by atoms with Crippen LogP contribution in [0.4, 0.5) is 3.89 Å². The zero-order valence-corrected chi connectivity index (χ0v) is 4.56. The molecule has 0 aliphatic rings. The average molecular weight is 134 g/mol. The molecule has 0 aromatic rings. The maximum atomic E-state index is 10.1. The van der Waals surface area contributed by atoms with Gasteiger partial charge in [-0.1, -0.05) is 13.5 Å². The van der Waals surface area contributed by atoms with Crippen molar-refractivity contribution in [3.8, 4) is 0 Å². The van der Waals surface area contributed by atoms with Crippen LogP contribution < -0.4 is 0 Å². The minimum absolute atomic E-state index is 0. The third-order valence-electron chi connectivity index (χ3n) is 0. The van der Waals surface area contributed by atoms with Gasteiger partial charge in [-0.2, -0.15) is 0 Å². The van der Waals surface area contributed by atoms with Gasteiger partial charge in [-0.05, 0) is 0 Å². The summed E-state index contributed by atoms with van der Waals surface area (Å²) >= 11 is 0. The third kappa shape index (κ3) is 1180. The minimum Gasteiger partial charge on any atom is -0.722 e. The highest BCUT2D eigenvalue weighted by Gasteiger charge is 1.73. The Morgan fingerprint density at radius 1 is 1.50 bits per heavy atom. The van der Waals surface area contributed by atoms with Gasteiger partial charge in [-0.3, -0.25) is 0 Å². The molecule has 0 saturated heterocycles. The van der Waals surface area contributed by atoms with Gasteiger partial charge in [0.15, 0.2) is 0 Å². The summed E-state index contributed by atoms with van der Waals surface area (Å²) in [5, 5.41) is 0. The molecule has 40 valence electrons. The van der Waals surface area contributed by atoms with Crippen molar-refractivity contribution < 1.29 is 16.9 Å². The lowest BCUT2D eigenvalue weighted by molar-refractivity contribution is 0.417. The van der Waals surface area contributed by atoms with Crippen LogP contribution in [-0.2, 0) is 24.0 Å². The fourth-order valence-electron chi connectivity index (χ4n) is 0. The Morgan fingerprint density at radius 3 is 1.50 bits per heavy atom. The second kappa shape index (κ2) is 2.38. The lowest BCUT2D eigenvalue weighted by Crippen LogP contribution is -1.81. The van der Waals surface area contributed by atoms with E-state index >= 15 is 0 Å². The van der Waals surface area contributed by atoms with E-state index in [1.54, 1.807) is 0 Å². The van der Waals surface area contributed by atoms with Crippen molar-refractivity contribution in [2.75, 3.05) is 0 Å². The van der Waals surface area contributed by atoms with Gasteiger partial charge in [-0.15, -0.1) is 3.89 Å². The van der Waals surface area contributed by atoms with Crippen LogP contribution in [0.25, 0.3) is 0 Å². The Bertz CT molecular complexity index is 92.0. The van der Waals surface area contributed by atoms with Crippen LogP contribution >= 0.6 is 0 Å². The normalized spacial score (nSPS) is 9.67. The molecule has 0 aliphatic carbocycles. The fraction of sp³-hybridized carbons (Fsp3) is 0. The van der Waals surface area contributed by atoms with Crippen LogP contribution in [0.2, 0.25) is 0 Å². The van der Waals surface area contributed by atoms with E-state index in [2.05, 4.69) is 0 Å². The van der Waals surface area contributed by atoms with E-state index in [0.717, 1.165) is 0 Å². The molecule has 0 bridgehead atoms. The summed E-state index contributed by atoms with van der Waals surface area (Å²) < 4.78 is 35.3. The van der Waals surface area contributed by atoms with E-state index in [9.17, 15) is 3.89 Å². The molecule has 0 radical (unpaired) electrons. The lowest BCUT2D eigenvalue weighted by atomic mass is 15.9. The first kappa shape index (κ1) is 9.50. The lowest BCUT2D eigenvalue weighted by Gasteiger charge is -1.84. The van der Waals surface area contributed by atoms with Crippen molar-refractivity contribution in [3.05, 3.63) is 0 Å². The second-order valence-electron chi connectivity index (χ2n) is 0.393. The average Bonchev–Trinajstić information content (AvgIpc) is 0.722. The molecule has 0 spiro atoms. The number of halogens is 1. The van der Waals surface area contributed by atoms with Crippen LogP contribution in [0.15, 0.2) is 0 Å². The van der Waals surface area contributed by atoms with E-state index in [1.807, 2.05) is 0 Å². The predicted molar refractivity (Wildman–Crippen MR) is 22.4 cm³/mol. The smallest absolute Gasteiger partial charge is 0.255 e. The summed E-state index contributed by atoms with van der Waals surface area (Å²) in [7, 11) is -5.42. The van der Waals surface area contributed by atoms with Gasteiger partial charge in [0.25, 0.3) is 10.5 Å². The molecule has 0 amide bonds. The molecule has 0 heterocycles. The molecule has 6 heavy (non-hydrogen) atoms. The fourth-order valence-corrected chi connectivity index (χ4v) is 0. The molecule has 0 aromatic heterocycles. The molecular weight excluding hydrogens is 131 g/mol. The Morgan fingerprint density at radius 2 is 1.50 bits per heavy atom. The van der Waals surface area contributed by atoms with E-state index in [1.165, 1.54) is 0 Å². The minimum atomic E-state index is -5.42. The SMILES string of the molecule is O=S(=O)([O-])F.[SH3+]. The molecule has 0 fully saturated rings. The monoisotopic (exact) mass is 134 g/mol. The Balaban J connectivity index is 0. The Labute approximate surface area is 41.7 Å². The zero-order valence-electron chi connectivity index (χ0n) is 2.59. The quantitative estimate of drug-likeness (QED) is 0.233. The van der Waals surface area contributed by atoms with Crippen molar-refractivity contribution in [2.24, 2.45) is 0 Å². The molecule has 0 rings (SSSR count). The molecule has 3 nitrogen and oxygen atoms in total. The van der Waals surface area contributed by atoms with Crippen LogP contribution in [0, 0.1) is 0 Å². The first-order valence-electron chi connectivity index (χ1n) is 0.654. The highest BCUT2D eigenvalue weighted by Crippen LogP contribution is 1.73. The molecule has 0 unspecified atom stereocenters. The Hall–Kier alpha value is 0.190. The molecule has 0 atom stereocenters. The standard InChI is InChI=1S/FHO3S.H2S/c1-5(2,3)4;/h(H,2,3,4);1H2. The van der Waals surface area contributed by atoms with Gasteiger partial charge in [0.05, 0.1) is 0 Å². The maximum absolute atomic E-state index is 10.1. The zero-order chi connectivity index (χ0) is 4.50. The van der Waals surface area contributed by atoms with E-state index in [0.29, 0.717) is 0 Å². The van der Waals surface area contributed by atoms with Gasteiger partial charge >= 0.3 is 0 Å². The highest BCUT2D eigenvalue weighted by atomic mass is 32.3. The molecule has 6 heteroatoms. The topological polar surface area (TPSA) is 57.2 Å². The van der Waals surface area contributed by atoms with Crippen molar-refractivity contribution in [2.45, 2.75) is 0 Å². The van der Waals surface area contributed by atoms with Crippen molar-refractivity contribution in [1.29, 1.82) is 0 Å². The summed E-state index contributed by atoms with van der Waals surface area (Å²) in [6, 6.07) is 0. The first-order chi connectivity index (χ1) is 2.00. The molecule has 0 saturated carbocycles. The van der Waals surface area contributed by atoms with Crippen LogP contribution in [0.3, 0.4) is 0 Å². The predicted octanol–water partition coefficient (Wildman–Crippen LogP) is -1.39. The van der Waals surface area contributed by atoms with Crippen LogP contribution in [0.1, 0.15) is 0 Å². The summed E-state index contributed by atoms with van der Waals surface area (Å²) in [6.07, 6.45) is 0. The van der Waals surface area contributed by atoms with Crippen molar-refractivity contribution in [3.63, 3.8) is 0 Å². The molecular formula is H3FO3S2. The van der Waals surface area contributed by atoms with E-state index < -0.39 is 10.5 Å². The van der Waals surface area contributed by atoms with Gasteiger partial charge in [0.2, 0.25) is 0 Å². The van der Waals surface area contributed by atoms with E-state index in [4.69, 9.17) is 13.0 Å². The molecule has 0 aliphatic heterocycles. The summed E-state index contributed by atoms with van der Waals surface area (Å²) in [5.74, 6) is 0. The third-order valence-corrected chi connectivity index (χ3v) is 0. The number of rotatable bonds is 0. The maximum Gasteiger partial charge on any atom is 0.255 e. The van der Waals surface area contributed by atoms with Gasteiger partial charge in [0, 0.05) is 0 Å². The van der Waals surface area contributed by atoms with Crippen LogP contribution in [-0.4, -0.2) is 13.0 Å². The molecule has 0 aromatic carbocycles. The van der Waals surface area contributed by atoms with Gasteiger partial charge in [0.1, 0.15) is 0 Å². The summed E-state index contributed by atoms with van der Waals surface area (Å²) in [6.45, 7) is 0. The second-order valence-corrected chi connectivity index (χ2v) is 1.18. The van der Waals surface area contributed by atoms with E-state index in [-0.39, 0.29) is 13.5 Å². The van der Waals surface area contributed by atoms with Gasteiger partial charge < -0.3 is 4.55 Å². The summed E-state index contributed by atoms with van der Waals surface area (Å²) in [5.41, 5.74) is 0. The van der Waals surface area contributed by atoms with Crippen molar-refractivity contribution >= 4 is 24.0 Å². The van der Waals surface area contributed by atoms with Crippen LogP contribution in [0.5, 0.6) is 0 Å². The number of hydrogen-bond acceptors (Lipinski definition) is 3. The molecule has 0 N–H and O–H groups in total.